The summed E-state index contributed by atoms with van der Waals surface area (Å²) < 4.78 is 0.302. The molecule has 0 heterocycles. The molecule has 1 N–H and O–H groups in total. The van der Waals surface area contributed by atoms with Gasteiger partial charge in [-0.1, -0.05) is 29.8 Å². The topological polar surface area (TPSA) is 12.0 Å². The van der Waals surface area contributed by atoms with Crippen LogP contribution in [0.2, 0.25) is 0 Å². The fraction of sp³-hybridized carbons (Fsp3) is 1.00. The second kappa shape index (κ2) is 3.46. The minimum Gasteiger partial charge on any atom is -0.320 e. The second-order valence-electron chi connectivity index (χ2n) is 2.57. The Morgan fingerprint density at radius 3 is 2.12 bits per heavy atom. The van der Waals surface area contributed by atoms with Crippen LogP contribution in [0, 0.1) is 0 Å². The molecule has 2 heteroatoms. The molecule has 0 fully saturated rings. The Morgan fingerprint density at radius 2 is 2.00 bits per heavy atom. The van der Waals surface area contributed by atoms with E-state index in [9.17, 15) is 0 Å². The Morgan fingerprint density at radius 1 is 1.50 bits per heavy atom. The van der Waals surface area contributed by atoms with Gasteiger partial charge in [0.2, 0.25) is 0 Å². The Kier molecular flexibility index (Phi) is 3.65. The van der Waals surface area contributed by atoms with Gasteiger partial charge in [0.25, 0.3) is 0 Å². The van der Waals surface area contributed by atoms with E-state index in [1.165, 1.54) is 6.42 Å². The van der Waals surface area contributed by atoms with E-state index in [2.05, 4.69) is 35.1 Å². The van der Waals surface area contributed by atoms with Gasteiger partial charge in [-0.25, -0.2) is 0 Å². The summed E-state index contributed by atoms with van der Waals surface area (Å²) in [6, 6.07) is 0. The third-order valence-corrected chi connectivity index (χ3v) is 1.37. The van der Waals surface area contributed by atoms with E-state index in [0.29, 0.717) is 4.32 Å². The standard InChI is InChI=1S/C6H14BrN/c1-6(2,7)4-5-8-3/h8H,4-5H2,1-3H3. The summed E-state index contributed by atoms with van der Waals surface area (Å²) in [5.74, 6) is 0. The predicted octanol–water partition coefficient (Wildman–Crippen LogP) is 1.77. The highest BCUT2D eigenvalue weighted by atomic mass is 79.9. The molecule has 0 aromatic heterocycles. The molecule has 0 aromatic carbocycles. The van der Waals surface area contributed by atoms with Crippen LogP contribution in [-0.2, 0) is 0 Å². The van der Waals surface area contributed by atoms with Crippen molar-refractivity contribution in [1.82, 2.24) is 5.32 Å². The predicted molar refractivity (Wildman–Crippen MR) is 41.5 cm³/mol. The molecule has 8 heavy (non-hydrogen) atoms. The maximum absolute atomic E-state index is 3.54. The minimum absolute atomic E-state index is 0.302. The Bertz CT molecular complexity index is 56.0. The van der Waals surface area contributed by atoms with Gasteiger partial charge in [0, 0.05) is 4.32 Å². The van der Waals surface area contributed by atoms with Gasteiger partial charge in [0.1, 0.15) is 0 Å². The van der Waals surface area contributed by atoms with E-state index in [4.69, 9.17) is 0 Å². The molecular weight excluding hydrogens is 166 g/mol. The Labute approximate surface area is 60.0 Å². The van der Waals surface area contributed by atoms with Gasteiger partial charge in [-0.2, -0.15) is 0 Å². The molecular formula is C6H14BrN. The maximum Gasteiger partial charge on any atom is 0.0213 e. The molecule has 0 amide bonds. The van der Waals surface area contributed by atoms with Crippen molar-refractivity contribution in [2.24, 2.45) is 0 Å². The summed E-state index contributed by atoms with van der Waals surface area (Å²) >= 11 is 3.54. The Balaban J connectivity index is 3.11. The van der Waals surface area contributed by atoms with E-state index in [1.54, 1.807) is 0 Å². The van der Waals surface area contributed by atoms with Crippen molar-refractivity contribution < 1.29 is 0 Å². The van der Waals surface area contributed by atoms with E-state index in [1.807, 2.05) is 7.05 Å². The summed E-state index contributed by atoms with van der Waals surface area (Å²) in [5, 5.41) is 3.09. The van der Waals surface area contributed by atoms with Gasteiger partial charge in [0.15, 0.2) is 0 Å². The average molecular weight is 180 g/mol. The van der Waals surface area contributed by atoms with E-state index < -0.39 is 0 Å². The lowest BCUT2D eigenvalue weighted by Crippen LogP contribution is -2.18. The molecule has 0 aliphatic carbocycles. The maximum atomic E-state index is 3.54. The smallest absolute Gasteiger partial charge is 0.0213 e. The van der Waals surface area contributed by atoms with Gasteiger partial charge < -0.3 is 5.32 Å². The van der Waals surface area contributed by atoms with E-state index in [0.717, 1.165) is 6.54 Å². The molecule has 0 rings (SSSR count). The van der Waals surface area contributed by atoms with Crippen molar-refractivity contribution in [2.75, 3.05) is 13.6 Å². The SMILES string of the molecule is CNCCC(C)(C)Br. The lowest BCUT2D eigenvalue weighted by atomic mass is 10.1. The quantitative estimate of drug-likeness (QED) is 0.652. The summed E-state index contributed by atoms with van der Waals surface area (Å²) in [7, 11) is 1.97. The molecule has 0 bridgehead atoms. The van der Waals surface area contributed by atoms with Crippen molar-refractivity contribution in [3.63, 3.8) is 0 Å². The largest absolute Gasteiger partial charge is 0.320 e. The van der Waals surface area contributed by atoms with Crippen molar-refractivity contribution in [3.05, 3.63) is 0 Å². The number of hydrogen-bond acceptors (Lipinski definition) is 1. The van der Waals surface area contributed by atoms with Gasteiger partial charge in [-0.15, -0.1) is 0 Å². The highest BCUT2D eigenvalue weighted by Gasteiger charge is 2.09. The number of nitrogens with one attached hydrogen (secondary N) is 1. The monoisotopic (exact) mass is 179 g/mol. The number of hydrogen-bond donors (Lipinski definition) is 1. The van der Waals surface area contributed by atoms with Crippen molar-refractivity contribution >= 4 is 15.9 Å². The zero-order chi connectivity index (χ0) is 6.62. The van der Waals surface area contributed by atoms with Gasteiger partial charge in [-0.3, -0.25) is 0 Å². The highest BCUT2D eigenvalue weighted by Crippen LogP contribution is 2.18. The van der Waals surface area contributed by atoms with Crippen LogP contribution in [0.25, 0.3) is 0 Å². The number of rotatable bonds is 3. The molecule has 0 radical (unpaired) electrons. The Hall–Kier alpha value is 0.440. The molecule has 0 aromatic rings. The summed E-state index contributed by atoms with van der Waals surface area (Å²) in [6.07, 6.45) is 1.17. The molecule has 0 saturated heterocycles. The molecule has 0 aliphatic heterocycles. The minimum atomic E-state index is 0.302. The molecule has 50 valence electrons. The lowest BCUT2D eigenvalue weighted by Gasteiger charge is -2.14. The fourth-order valence-electron chi connectivity index (χ4n) is 0.422. The number of halogens is 1. The summed E-state index contributed by atoms with van der Waals surface area (Å²) in [6.45, 7) is 5.42. The second-order valence-corrected chi connectivity index (χ2v) is 4.72. The van der Waals surface area contributed by atoms with Crippen LogP contribution in [0.15, 0.2) is 0 Å². The van der Waals surface area contributed by atoms with E-state index in [-0.39, 0.29) is 0 Å². The van der Waals surface area contributed by atoms with Crippen LogP contribution in [0.1, 0.15) is 20.3 Å². The van der Waals surface area contributed by atoms with Crippen LogP contribution in [-0.4, -0.2) is 17.9 Å². The third kappa shape index (κ3) is 6.44. The zero-order valence-electron chi connectivity index (χ0n) is 5.79. The van der Waals surface area contributed by atoms with Crippen LogP contribution < -0.4 is 5.32 Å². The highest BCUT2D eigenvalue weighted by molar-refractivity contribution is 9.10. The molecule has 0 aliphatic rings. The normalized spacial score (nSPS) is 12.0. The van der Waals surface area contributed by atoms with E-state index >= 15 is 0 Å². The van der Waals surface area contributed by atoms with Gasteiger partial charge in [-0.05, 0) is 20.0 Å². The first kappa shape index (κ1) is 8.44. The lowest BCUT2D eigenvalue weighted by molar-refractivity contribution is 0.616. The van der Waals surface area contributed by atoms with Crippen LogP contribution >= 0.6 is 15.9 Å². The molecule has 0 unspecified atom stereocenters. The first-order valence-corrected chi connectivity index (χ1v) is 3.69. The molecule has 0 saturated carbocycles. The van der Waals surface area contributed by atoms with Crippen LogP contribution in [0.5, 0.6) is 0 Å². The van der Waals surface area contributed by atoms with Crippen molar-refractivity contribution in [1.29, 1.82) is 0 Å². The first-order chi connectivity index (χ1) is 3.56. The fourth-order valence-corrected chi connectivity index (χ4v) is 0.620. The molecule has 0 atom stereocenters. The van der Waals surface area contributed by atoms with Crippen LogP contribution in [0.4, 0.5) is 0 Å². The first-order valence-electron chi connectivity index (χ1n) is 2.90. The molecule has 0 spiro atoms. The summed E-state index contributed by atoms with van der Waals surface area (Å²) in [4.78, 5) is 0. The average Bonchev–Trinajstić information content (AvgIpc) is 1.59. The number of alkyl halides is 1. The van der Waals surface area contributed by atoms with Crippen molar-refractivity contribution in [3.8, 4) is 0 Å². The van der Waals surface area contributed by atoms with Gasteiger partial charge >= 0.3 is 0 Å². The zero-order valence-corrected chi connectivity index (χ0v) is 7.38. The molecule has 1 nitrogen and oxygen atoms in total. The van der Waals surface area contributed by atoms with Crippen LogP contribution in [0.3, 0.4) is 0 Å². The summed E-state index contributed by atoms with van der Waals surface area (Å²) in [5.41, 5.74) is 0. The van der Waals surface area contributed by atoms with Crippen molar-refractivity contribution in [2.45, 2.75) is 24.6 Å². The third-order valence-electron chi connectivity index (χ3n) is 0.969. The van der Waals surface area contributed by atoms with Gasteiger partial charge in [0.05, 0.1) is 0 Å².